The molecule has 16 heavy (non-hydrogen) atoms. The number of hydrogen-bond acceptors (Lipinski definition) is 3. The van der Waals surface area contributed by atoms with Gasteiger partial charge in [0.25, 0.3) is 0 Å². The summed E-state index contributed by atoms with van der Waals surface area (Å²) in [7, 11) is 0. The first-order chi connectivity index (χ1) is 7.85. The van der Waals surface area contributed by atoms with Crippen LogP contribution in [0.5, 0.6) is 0 Å². The van der Waals surface area contributed by atoms with E-state index in [1.165, 1.54) is 5.82 Å². The second-order valence-corrected chi connectivity index (χ2v) is 4.39. The van der Waals surface area contributed by atoms with Gasteiger partial charge in [0.2, 0.25) is 0 Å². The van der Waals surface area contributed by atoms with Crippen molar-refractivity contribution in [1.82, 2.24) is 14.9 Å². The largest absolute Gasteiger partial charge is 0.395 e. The number of aryl methyl sites for hydroxylation is 1. The summed E-state index contributed by atoms with van der Waals surface area (Å²) in [6.45, 7) is 5.15. The van der Waals surface area contributed by atoms with Gasteiger partial charge in [-0.1, -0.05) is 6.92 Å². The Hall–Kier alpha value is -0.870. The number of aliphatic hydroxyl groups is 1. The summed E-state index contributed by atoms with van der Waals surface area (Å²) in [6, 6.07) is 0. The quantitative estimate of drug-likeness (QED) is 0.797. The standard InChI is InChI=1S/C12H21N3O/c1-2-11-9-15(7-8-16)12(14-11)10-3-5-13-6-4-10/h9-10,13,16H,2-8H2,1H3. The molecular weight excluding hydrogens is 202 g/mol. The van der Waals surface area contributed by atoms with Gasteiger partial charge in [-0.05, 0) is 32.4 Å². The van der Waals surface area contributed by atoms with E-state index in [0.29, 0.717) is 12.5 Å². The third-order valence-corrected chi connectivity index (χ3v) is 3.26. The van der Waals surface area contributed by atoms with Crippen molar-refractivity contribution in [3.8, 4) is 0 Å². The Balaban J connectivity index is 2.18. The van der Waals surface area contributed by atoms with Crippen LogP contribution in [-0.4, -0.2) is 34.4 Å². The van der Waals surface area contributed by atoms with E-state index < -0.39 is 0 Å². The van der Waals surface area contributed by atoms with Crippen LogP contribution in [0.4, 0.5) is 0 Å². The van der Waals surface area contributed by atoms with Crippen LogP contribution in [0.15, 0.2) is 6.20 Å². The normalized spacial score (nSPS) is 17.9. The molecule has 0 saturated carbocycles. The molecule has 1 aliphatic heterocycles. The molecule has 2 N–H and O–H groups in total. The maximum Gasteiger partial charge on any atom is 0.112 e. The number of nitrogens with zero attached hydrogens (tertiary/aromatic N) is 2. The Labute approximate surface area is 96.7 Å². The van der Waals surface area contributed by atoms with Crippen molar-refractivity contribution in [3.63, 3.8) is 0 Å². The van der Waals surface area contributed by atoms with Crippen molar-refractivity contribution in [1.29, 1.82) is 0 Å². The number of piperidine rings is 1. The molecular formula is C12H21N3O. The number of imidazole rings is 1. The van der Waals surface area contributed by atoms with Crippen molar-refractivity contribution in [2.45, 2.75) is 38.6 Å². The smallest absolute Gasteiger partial charge is 0.112 e. The molecule has 0 unspecified atom stereocenters. The van der Waals surface area contributed by atoms with Crippen molar-refractivity contribution >= 4 is 0 Å². The van der Waals surface area contributed by atoms with Gasteiger partial charge >= 0.3 is 0 Å². The van der Waals surface area contributed by atoms with E-state index in [4.69, 9.17) is 10.1 Å². The highest BCUT2D eigenvalue weighted by Gasteiger charge is 2.20. The van der Waals surface area contributed by atoms with Crippen LogP contribution >= 0.6 is 0 Å². The molecule has 2 rings (SSSR count). The predicted molar refractivity (Wildman–Crippen MR) is 63.5 cm³/mol. The molecule has 4 heteroatoms. The number of rotatable bonds is 4. The summed E-state index contributed by atoms with van der Waals surface area (Å²) in [5, 5.41) is 12.4. The fourth-order valence-corrected chi connectivity index (χ4v) is 2.35. The average molecular weight is 223 g/mol. The maximum atomic E-state index is 9.06. The first kappa shape index (κ1) is 11.6. The van der Waals surface area contributed by atoms with E-state index in [9.17, 15) is 0 Å². The molecule has 1 aromatic rings. The molecule has 2 heterocycles. The van der Waals surface area contributed by atoms with Crippen LogP contribution in [0.1, 0.15) is 37.2 Å². The number of hydrogen-bond donors (Lipinski definition) is 2. The van der Waals surface area contributed by atoms with Crippen LogP contribution in [0.3, 0.4) is 0 Å². The lowest BCUT2D eigenvalue weighted by atomic mass is 9.97. The highest BCUT2D eigenvalue weighted by molar-refractivity contribution is 5.09. The molecule has 0 aliphatic carbocycles. The summed E-state index contributed by atoms with van der Waals surface area (Å²) in [5.74, 6) is 1.74. The van der Waals surface area contributed by atoms with E-state index >= 15 is 0 Å². The van der Waals surface area contributed by atoms with Gasteiger partial charge in [0.05, 0.1) is 12.3 Å². The molecule has 90 valence electrons. The van der Waals surface area contributed by atoms with Gasteiger partial charge in [0.15, 0.2) is 0 Å². The third-order valence-electron chi connectivity index (χ3n) is 3.26. The lowest BCUT2D eigenvalue weighted by Crippen LogP contribution is -2.28. The summed E-state index contributed by atoms with van der Waals surface area (Å²) in [6.07, 6.45) is 5.38. The number of aromatic nitrogens is 2. The molecule has 0 atom stereocenters. The highest BCUT2D eigenvalue weighted by Crippen LogP contribution is 2.24. The van der Waals surface area contributed by atoms with E-state index in [1.807, 2.05) is 0 Å². The van der Waals surface area contributed by atoms with Crippen molar-refractivity contribution in [2.24, 2.45) is 0 Å². The number of nitrogens with one attached hydrogen (secondary N) is 1. The first-order valence-corrected chi connectivity index (χ1v) is 6.22. The van der Waals surface area contributed by atoms with Crippen LogP contribution in [-0.2, 0) is 13.0 Å². The lowest BCUT2D eigenvalue weighted by Gasteiger charge is -2.22. The summed E-state index contributed by atoms with van der Waals surface area (Å²) >= 11 is 0. The molecule has 1 fully saturated rings. The predicted octanol–water partition coefficient (Wildman–Crippen LogP) is 0.905. The zero-order valence-corrected chi connectivity index (χ0v) is 9.95. The summed E-state index contributed by atoms with van der Waals surface area (Å²) in [5.41, 5.74) is 1.14. The minimum Gasteiger partial charge on any atom is -0.395 e. The summed E-state index contributed by atoms with van der Waals surface area (Å²) < 4.78 is 2.13. The van der Waals surface area contributed by atoms with Crippen LogP contribution in [0, 0.1) is 0 Å². The zero-order valence-electron chi connectivity index (χ0n) is 9.95. The van der Waals surface area contributed by atoms with Gasteiger partial charge < -0.3 is 15.0 Å². The van der Waals surface area contributed by atoms with Crippen molar-refractivity contribution < 1.29 is 5.11 Å². The van der Waals surface area contributed by atoms with Crippen LogP contribution in [0.2, 0.25) is 0 Å². The molecule has 0 radical (unpaired) electrons. The second-order valence-electron chi connectivity index (χ2n) is 4.39. The molecule has 0 spiro atoms. The Morgan fingerprint density at radius 2 is 2.25 bits per heavy atom. The van der Waals surface area contributed by atoms with E-state index in [-0.39, 0.29) is 6.61 Å². The second kappa shape index (κ2) is 5.46. The Kier molecular flexibility index (Phi) is 3.96. The van der Waals surface area contributed by atoms with Gasteiger partial charge in [-0.2, -0.15) is 0 Å². The SMILES string of the molecule is CCc1cn(CCO)c(C2CCNCC2)n1. The first-order valence-electron chi connectivity index (χ1n) is 6.22. The van der Waals surface area contributed by atoms with E-state index in [1.54, 1.807) is 0 Å². The molecule has 1 saturated heterocycles. The Morgan fingerprint density at radius 3 is 2.88 bits per heavy atom. The number of aliphatic hydroxyl groups excluding tert-OH is 1. The molecule has 0 bridgehead atoms. The topological polar surface area (TPSA) is 50.1 Å². The minimum absolute atomic E-state index is 0.192. The van der Waals surface area contributed by atoms with Gasteiger partial charge in [-0.15, -0.1) is 0 Å². The highest BCUT2D eigenvalue weighted by atomic mass is 16.3. The molecule has 4 nitrogen and oxygen atoms in total. The van der Waals surface area contributed by atoms with E-state index in [0.717, 1.165) is 38.0 Å². The molecule has 1 aromatic heterocycles. The molecule has 0 aromatic carbocycles. The Bertz CT molecular complexity index is 329. The van der Waals surface area contributed by atoms with Gasteiger partial charge in [-0.3, -0.25) is 0 Å². The fourth-order valence-electron chi connectivity index (χ4n) is 2.35. The van der Waals surface area contributed by atoms with Gasteiger partial charge in [-0.25, -0.2) is 4.98 Å². The van der Waals surface area contributed by atoms with Crippen molar-refractivity contribution in [2.75, 3.05) is 19.7 Å². The van der Waals surface area contributed by atoms with Crippen LogP contribution < -0.4 is 5.32 Å². The fraction of sp³-hybridized carbons (Fsp3) is 0.750. The molecule has 0 amide bonds. The van der Waals surface area contributed by atoms with Crippen molar-refractivity contribution in [3.05, 3.63) is 17.7 Å². The third kappa shape index (κ3) is 2.44. The van der Waals surface area contributed by atoms with Crippen LogP contribution in [0.25, 0.3) is 0 Å². The van der Waals surface area contributed by atoms with Gasteiger partial charge in [0, 0.05) is 18.7 Å². The maximum absolute atomic E-state index is 9.06. The lowest BCUT2D eigenvalue weighted by molar-refractivity contribution is 0.271. The average Bonchev–Trinajstić information content (AvgIpc) is 2.74. The Morgan fingerprint density at radius 1 is 1.50 bits per heavy atom. The minimum atomic E-state index is 0.192. The monoisotopic (exact) mass is 223 g/mol. The van der Waals surface area contributed by atoms with E-state index in [2.05, 4.69) is 23.0 Å². The van der Waals surface area contributed by atoms with Gasteiger partial charge in [0.1, 0.15) is 5.82 Å². The summed E-state index contributed by atoms with van der Waals surface area (Å²) in [4.78, 5) is 4.70. The zero-order chi connectivity index (χ0) is 11.4. The molecule has 1 aliphatic rings.